The average molecular weight is 334 g/mol. The molecule has 3 rings (SSSR count). The van der Waals surface area contributed by atoms with Crippen molar-refractivity contribution in [3.63, 3.8) is 0 Å². The first-order valence-electron chi connectivity index (χ1n) is 8.60. The summed E-state index contributed by atoms with van der Waals surface area (Å²) in [6.07, 6.45) is 11.9. The molecule has 1 aliphatic carbocycles. The zero-order valence-electron chi connectivity index (χ0n) is 14.4. The number of aromatic nitrogens is 2. The number of pyridine rings is 2. The lowest BCUT2D eigenvalue weighted by atomic mass is 9.82. The molecule has 2 heterocycles. The van der Waals surface area contributed by atoms with Crippen molar-refractivity contribution in [2.75, 3.05) is 5.32 Å². The Morgan fingerprint density at radius 2 is 1.92 bits per heavy atom. The van der Waals surface area contributed by atoms with Gasteiger partial charge < -0.3 is 10.6 Å². The molecule has 0 aliphatic heterocycles. The maximum absolute atomic E-state index is 12.5. The van der Waals surface area contributed by atoms with Gasteiger partial charge in [0.25, 0.3) is 0 Å². The second kappa shape index (κ2) is 7.80. The van der Waals surface area contributed by atoms with Gasteiger partial charge in [-0.2, -0.15) is 0 Å². The molecular weight excluding hydrogens is 312 g/mol. The summed E-state index contributed by atoms with van der Waals surface area (Å²) in [5.41, 5.74) is 2.06. The Labute approximate surface area is 148 Å². The van der Waals surface area contributed by atoms with Crippen molar-refractivity contribution in [2.24, 2.45) is 0 Å². The van der Waals surface area contributed by atoms with Crippen LogP contribution < -0.4 is 10.6 Å². The van der Waals surface area contributed by atoms with E-state index >= 15 is 0 Å². The van der Waals surface area contributed by atoms with Gasteiger partial charge in [-0.3, -0.25) is 9.97 Å². The second-order valence-corrected chi connectivity index (χ2v) is 6.40. The summed E-state index contributed by atoms with van der Waals surface area (Å²) in [6.45, 7) is 1.94. The Bertz CT molecular complexity index is 786. The fourth-order valence-electron chi connectivity index (χ4n) is 3.03. The van der Waals surface area contributed by atoms with Crippen molar-refractivity contribution in [3.8, 4) is 11.8 Å². The molecule has 0 bridgehead atoms. The third-order valence-electron chi connectivity index (χ3n) is 4.45. The van der Waals surface area contributed by atoms with Crippen LogP contribution in [0.3, 0.4) is 0 Å². The molecule has 2 aromatic heterocycles. The molecule has 0 unspecified atom stereocenters. The molecule has 5 nitrogen and oxygen atoms in total. The normalized spacial score (nSPS) is 15.6. The fraction of sp³-hybridized carbons (Fsp3) is 0.350. The molecule has 0 saturated heterocycles. The Kier molecular flexibility index (Phi) is 5.30. The minimum atomic E-state index is -0.492. The molecule has 0 atom stereocenters. The zero-order chi connectivity index (χ0) is 17.5. The number of carbonyl (C=O) groups is 1. The molecule has 25 heavy (non-hydrogen) atoms. The molecule has 2 N–H and O–H groups in total. The lowest BCUT2D eigenvalue weighted by Crippen LogP contribution is -2.50. The molecule has 2 aromatic rings. The fourth-order valence-corrected chi connectivity index (χ4v) is 3.03. The van der Waals surface area contributed by atoms with E-state index in [2.05, 4.69) is 32.4 Å². The number of hydrogen-bond donors (Lipinski definition) is 2. The van der Waals surface area contributed by atoms with Crippen molar-refractivity contribution in [2.45, 2.75) is 44.6 Å². The SMILES string of the molecule is Cc1ccncc1NC(=O)NC1(C#Cc2cccnc2)CCCCC1. The number of aryl methyl sites for hydroxylation is 1. The number of anilines is 1. The molecule has 0 radical (unpaired) electrons. The van der Waals surface area contributed by atoms with E-state index in [4.69, 9.17) is 0 Å². The monoisotopic (exact) mass is 334 g/mol. The lowest BCUT2D eigenvalue weighted by Gasteiger charge is -2.33. The van der Waals surface area contributed by atoms with Gasteiger partial charge in [0.1, 0.15) is 5.54 Å². The summed E-state index contributed by atoms with van der Waals surface area (Å²) in [7, 11) is 0. The summed E-state index contributed by atoms with van der Waals surface area (Å²) in [5.74, 6) is 6.47. The number of hydrogen-bond acceptors (Lipinski definition) is 3. The molecule has 2 amide bonds. The summed E-state index contributed by atoms with van der Waals surface area (Å²) in [4.78, 5) is 20.7. The number of amides is 2. The number of carbonyl (C=O) groups excluding carboxylic acids is 1. The maximum atomic E-state index is 12.5. The van der Waals surface area contributed by atoms with E-state index in [0.29, 0.717) is 5.69 Å². The van der Waals surface area contributed by atoms with Crippen LogP contribution in [0.25, 0.3) is 0 Å². The second-order valence-electron chi connectivity index (χ2n) is 6.40. The van der Waals surface area contributed by atoms with Crippen LogP contribution >= 0.6 is 0 Å². The van der Waals surface area contributed by atoms with E-state index in [1.807, 2.05) is 25.1 Å². The topological polar surface area (TPSA) is 66.9 Å². The third-order valence-corrected chi connectivity index (χ3v) is 4.45. The lowest BCUT2D eigenvalue weighted by molar-refractivity contribution is 0.234. The zero-order valence-corrected chi connectivity index (χ0v) is 14.4. The van der Waals surface area contributed by atoms with Gasteiger partial charge in [-0.25, -0.2) is 4.79 Å². The van der Waals surface area contributed by atoms with Gasteiger partial charge in [-0.05, 0) is 43.5 Å². The highest BCUT2D eigenvalue weighted by Crippen LogP contribution is 2.28. The van der Waals surface area contributed by atoms with Crippen LogP contribution in [0, 0.1) is 18.8 Å². The molecule has 128 valence electrons. The average Bonchev–Trinajstić information content (AvgIpc) is 2.64. The van der Waals surface area contributed by atoms with Gasteiger partial charge in [-0.1, -0.05) is 31.1 Å². The van der Waals surface area contributed by atoms with E-state index in [9.17, 15) is 4.79 Å². The van der Waals surface area contributed by atoms with Gasteiger partial charge >= 0.3 is 6.03 Å². The first-order chi connectivity index (χ1) is 12.2. The Hall–Kier alpha value is -2.87. The van der Waals surface area contributed by atoms with Crippen molar-refractivity contribution < 1.29 is 4.79 Å². The van der Waals surface area contributed by atoms with E-state index in [-0.39, 0.29) is 6.03 Å². The van der Waals surface area contributed by atoms with Crippen molar-refractivity contribution in [1.29, 1.82) is 0 Å². The smallest absolute Gasteiger partial charge is 0.320 e. The number of nitrogens with zero attached hydrogens (tertiary/aromatic N) is 2. The summed E-state index contributed by atoms with van der Waals surface area (Å²) in [5, 5.41) is 5.99. The molecule has 1 saturated carbocycles. The summed E-state index contributed by atoms with van der Waals surface area (Å²) < 4.78 is 0. The van der Waals surface area contributed by atoms with Gasteiger partial charge in [0.15, 0.2) is 0 Å². The Morgan fingerprint density at radius 1 is 1.12 bits per heavy atom. The first-order valence-corrected chi connectivity index (χ1v) is 8.60. The highest BCUT2D eigenvalue weighted by Gasteiger charge is 2.32. The van der Waals surface area contributed by atoms with Gasteiger partial charge in [-0.15, -0.1) is 0 Å². The largest absolute Gasteiger partial charge is 0.322 e. The predicted octanol–water partition coefficient (Wildman–Crippen LogP) is 3.66. The van der Waals surface area contributed by atoms with Crippen LogP contribution in [0.1, 0.15) is 43.2 Å². The highest BCUT2D eigenvalue weighted by molar-refractivity contribution is 5.90. The van der Waals surface area contributed by atoms with E-state index < -0.39 is 5.54 Å². The molecular formula is C20H22N4O. The van der Waals surface area contributed by atoms with Crippen LogP contribution in [0.15, 0.2) is 43.0 Å². The Balaban J connectivity index is 1.76. The van der Waals surface area contributed by atoms with Crippen molar-refractivity contribution in [1.82, 2.24) is 15.3 Å². The number of nitrogens with one attached hydrogen (secondary N) is 2. The minimum Gasteiger partial charge on any atom is -0.322 e. The van der Waals surface area contributed by atoms with Crippen LogP contribution in [0.5, 0.6) is 0 Å². The number of urea groups is 1. The van der Waals surface area contributed by atoms with Crippen LogP contribution in [-0.4, -0.2) is 21.5 Å². The standard InChI is InChI=1S/C20H22N4O/c1-16-8-13-22-15-18(16)23-19(25)24-20(9-3-2-4-10-20)11-7-17-6-5-12-21-14-17/h5-6,8,12-15H,2-4,9-10H2,1H3,(H2,23,24,25). The predicted molar refractivity (Wildman–Crippen MR) is 98.1 cm³/mol. The van der Waals surface area contributed by atoms with E-state index in [1.54, 1.807) is 24.8 Å². The van der Waals surface area contributed by atoms with Gasteiger partial charge in [0.2, 0.25) is 0 Å². The quantitative estimate of drug-likeness (QED) is 0.824. The van der Waals surface area contributed by atoms with E-state index in [1.165, 1.54) is 6.42 Å². The molecule has 5 heteroatoms. The van der Waals surface area contributed by atoms with Gasteiger partial charge in [0.05, 0.1) is 11.9 Å². The van der Waals surface area contributed by atoms with Crippen LogP contribution in [0.4, 0.5) is 10.5 Å². The third kappa shape index (κ3) is 4.57. The number of rotatable bonds is 2. The summed E-state index contributed by atoms with van der Waals surface area (Å²) in [6, 6.07) is 5.42. The van der Waals surface area contributed by atoms with Crippen molar-refractivity contribution >= 4 is 11.7 Å². The minimum absolute atomic E-state index is 0.238. The highest BCUT2D eigenvalue weighted by atomic mass is 16.2. The van der Waals surface area contributed by atoms with E-state index in [0.717, 1.165) is 36.8 Å². The summed E-state index contributed by atoms with van der Waals surface area (Å²) >= 11 is 0. The maximum Gasteiger partial charge on any atom is 0.320 e. The van der Waals surface area contributed by atoms with Crippen molar-refractivity contribution in [3.05, 3.63) is 54.1 Å². The molecule has 0 spiro atoms. The van der Waals surface area contributed by atoms with Crippen LogP contribution in [0.2, 0.25) is 0 Å². The first kappa shape index (κ1) is 17.0. The Morgan fingerprint density at radius 3 is 2.64 bits per heavy atom. The molecule has 1 fully saturated rings. The van der Waals surface area contributed by atoms with Crippen LogP contribution in [-0.2, 0) is 0 Å². The van der Waals surface area contributed by atoms with Gasteiger partial charge in [0, 0.05) is 24.2 Å². The molecule has 0 aromatic carbocycles. The molecule has 1 aliphatic rings.